The summed E-state index contributed by atoms with van der Waals surface area (Å²) in [5.74, 6) is 0.292. The summed E-state index contributed by atoms with van der Waals surface area (Å²) in [5.41, 5.74) is 2.25. The van der Waals surface area contributed by atoms with Crippen molar-refractivity contribution in [1.29, 1.82) is 0 Å². The monoisotopic (exact) mass is 556 g/mol. The molecule has 1 heterocycles. The van der Waals surface area contributed by atoms with Gasteiger partial charge in [-0.05, 0) is 70.4 Å². The molecule has 0 N–H and O–H groups in total. The molecule has 178 valence electrons. The van der Waals surface area contributed by atoms with Gasteiger partial charge in [0.15, 0.2) is 17.2 Å². The minimum atomic E-state index is -0.663. The third-order valence-corrected chi connectivity index (χ3v) is 6.05. The van der Waals surface area contributed by atoms with Crippen LogP contribution in [0.2, 0.25) is 5.02 Å². The zero-order valence-electron chi connectivity index (χ0n) is 18.6. The molecule has 0 aliphatic carbocycles. The van der Waals surface area contributed by atoms with Crippen molar-refractivity contribution in [3.63, 3.8) is 0 Å². The van der Waals surface area contributed by atoms with E-state index in [0.29, 0.717) is 44.3 Å². The molecule has 0 bridgehead atoms. The summed E-state index contributed by atoms with van der Waals surface area (Å²) < 4.78 is 17.3. The first-order valence-electron chi connectivity index (χ1n) is 10.3. The van der Waals surface area contributed by atoms with Gasteiger partial charge in [-0.15, -0.1) is 0 Å². The molecule has 0 unspecified atom stereocenters. The lowest BCUT2D eigenvalue weighted by Gasteiger charge is -2.14. The maximum atomic E-state index is 12.5. The number of ether oxygens (including phenoxy) is 3. The van der Waals surface area contributed by atoms with Crippen LogP contribution in [0.3, 0.4) is 0 Å². The number of esters is 1. The van der Waals surface area contributed by atoms with Gasteiger partial charge in [0.2, 0.25) is 5.90 Å². The largest absolute Gasteiger partial charge is 0.493 e. The van der Waals surface area contributed by atoms with Gasteiger partial charge in [0.1, 0.15) is 6.61 Å². The average molecular weight is 558 g/mol. The van der Waals surface area contributed by atoms with Crippen molar-refractivity contribution in [3.8, 4) is 11.5 Å². The van der Waals surface area contributed by atoms with Crippen LogP contribution >= 0.6 is 27.5 Å². The van der Waals surface area contributed by atoms with Crippen molar-refractivity contribution in [1.82, 2.24) is 0 Å². The second-order valence-electron chi connectivity index (χ2n) is 7.49. The second kappa shape index (κ2) is 10.3. The fraction of sp³-hybridized carbons (Fsp3) is 0.120. The van der Waals surface area contributed by atoms with Crippen LogP contribution in [0.4, 0.5) is 5.69 Å². The summed E-state index contributed by atoms with van der Waals surface area (Å²) >= 11 is 9.42. The van der Waals surface area contributed by atoms with Crippen LogP contribution in [0.1, 0.15) is 22.3 Å². The molecular weight excluding hydrogens is 540 g/mol. The number of nitro groups is 1. The number of cyclic esters (lactones) is 1. The lowest BCUT2D eigenvalue weighted by Crippen LogP contribution is -2.08. The van der Waals surface area contributed by atoms with E-state index in [0.717, 1.165) is 5.56 Å². The van der Waals surface area contributed by atoms with Gasteiger partial charge in [-0.2, -0.15) is 0 Å². The van der Waals surface area contributed by atoms with Gasteiger partial charge in [0, 0.05) is 22.2 Å². The first-order valence-corrected chi connectivity index (χ1v) is 11.5. The Bertz CT molecular complexity index is 1390. The number of hydrogen-bond acceptors (Lipinski definition) is 7. The standard InChI is InChI=1S/C25H18BrClN2O6/c1-14-18(4-3-5-21(14)29(31)32)24-28-20(25(30)35-24)11-16-10-19(26)23(22(12-16)33-2)34-13-15-6-8-17(27)9-7-15/h3-12H,13H2,1-2H3/b20-11-. The molecule has 0 saturated carbocycles. The molecule has 1 aliphatic rings. The Kier molecular flexibility index (Phi) is 7.18. The number of carbonyl (C=O) groups excluding carboxylic acids is 1. The van der Waals surface area contributed by atoms with Crippen molar-refractivity contribution in [3.05, 3.63) is 102 Å². The van der Waals surface area contributed by atoms with E-state index < -0.39 is 10.9 Å². The Hall–Kier alpha value is -3.69. The van der Waals surface area contributed by atoms with Crippen LogP contribution in [0, 0.1) is 17.0 Å². The van der Waals surface area contributed by atoms with Crippen LogP contribution < -0.4 is 9.47 Å². The molecular formula is C25H18BrClN2O6. The van der Waals surface area contributed by atoms with E-state index in [4.69, 9.17) is 25.8 Å². The first kappa shape index (κ1) is 24.4. The SMILES string of the molecule is COc1cc(/C=C2\N=C(c3cccc([N+](=O)[O-])c3C)OC2=O)cc(Br)c1OCc1ccc(Cl)cc1. The van der Waals surface area contributed by atoms with E-state index in [1.54, 1.807) is 37.3 Å². The Morgan fingerprint density at radius 1 is 1.20 bits per heavy atom. The second-order valence-corrected chi connectivity index (χ2v) is 8.78. The minimum absolute atomic E-state index is 0.0106. The van der Waals surface area contributed by atoms with E-state index in [1.807, 2.05) is 12.1 Å². The van der Waals surface area contributed by atoms with Crippen LogP contribution in [0.15, 0.2) is 69.8 Å². The smallest absolute Gasteiger partial charge is 0.363 e. The molecule has 0 radical (unpaired) electrons. The van der Waals surface area contributed by atoms with Gasteiger partial charge in [-0.3, -0.25) is 10.1 Å². The quantitative estimate of drug-likeness (QED) is 0.147. The predicted molar refractivity (Wildman–Crippen MR) is 135 cm³/mol. The van der Waals surface area contributed by atoms with E-state index >= 15 is 0 Å². The van der Waals surface area contributed by atoms with Gasteiger partial charge in [0.25, 0.3) is 5.69 Å². The summed E-state index contributed by atoms with van der Waals surface area (Å²) in [7, 11) is 1.51. The summed E-state index contributed by atoms with van der Waals surface area (Å²) in [6, 6.07) is 15.3. The van der Waals surface area contributed by atoms with E-state index in [1.165, 1.54) is 25.3 Å². The summed E-state index contributed by atoms with van der Waals surface area (Å²) in [5, 5.41) is 11.9. The molecule has 0 spiro atoms. The molecule has 0 fully saturated rings. The Balaban J connectivity index is 1.61. The maximum Gasteiger partial charge on any atom is 0.363 e. The number of hydrogen-bond donors (Lipinski definition) is 0. The van der Waals surface area contributed by atoms with Crippen molar-refractivity contribution in [2.24, 2.45) is 4.99 Å². The molecule has 3 aromatic carbocycles. The maximum absolute atomic E-state index is 12.5. The third-order valence-electron chi connectivity index (χ3n) is 5.20. The number of benzene rings is 3. The minimum Gasteiger partial charge on any atom is -0.493 e. The highest BCUT2D eigenvalue weighted by atomic mass is 79.9. The van der Waals surface area contributed by atoms with Gasteiger partial charge < -0.3 is 14.2 Å². The normalized spacial score (nSPS) is 14.0. The molecule has 10 heteroatoms. The van der Waals surface area contributed by atoms with Gasteiger partial charge >= 0.3 is 5.97 Å². The number of nitrogens with zero attached hydrogens (tertiary/aromatic N) is 2. The number of aliphatic imine (C=N–C) groups is 1. The molecule has 1 aliphatic heterocycles. The molecule has 3 aromatic rings. The highest BCUT2D eigenvalue weighted by Gasteiger charge is 2.27. The number of halogens is 2. The van der Waals surface area contributed by atoms with Crippen molar-refractivity contribution >= 4 is 51.2 Å². The fourth-order valence-electron chi connectivity index (χ4n) is 3.43. The molecule has 0 saturated heterocycles. The summed E-state index contributed by atoms with van der Waals surface area (Å²) in [6.07, 6.45) is 1.54. The fourth-order valence-corrected chi connectivity index (χ4v) is 4.13. The molecule has 8 nitrogen and oxygen atoms in total. The Morgan fingerprint density at radius 2 is 1.94 bits per heavy atom. The van der Waals surface area contributed by atoms with Crippen molar-refractivity contribution < 1.29 is 23.9 Å². The number of carbonyl (C=O) groups is 1. The molecule has 0 atom stereocenters. The first-order chi connectivity index (χ1) is 16.8. The van der Waals surface area contributed by atoms with Gasteiger partial charge in [-0.25, -0.2) is 9.79 Å². The zero-order chi connectivity index (χ0) is 25.1. The van der Waals surface area contributed by atoms with Crippen molar-refractivity contribution in [2.45, 2.75) is 13.5 Å². The van der Waals surface area contributed by atoms with Crippen LogP contribution in [-0.4, -0.2) is 23.9 Å². The number of rotatable bonds is 7. The van der Waals surface area contributed by atoms with Crippen LogP contribution in [0.25, 0.3) is 6.08 Å². The summed E-state index contributed by atoms with van der Waals surface area (Å²) in [6.45, 7) is 1.88. The van der Waals surface area contributed by atoms with Crippen LogP contribution in [0.5, 0.6) is 11.5 Å². The predicted octanol–water partition coefficient (Wildman–Crippen LogP) is 6.25. The van der Waals surface area contributed by atoms with Crippen LogP contribution in [-0.2, 0) is 16.1 Å². The van der Waals surface area contributed by atoms with Gasteiger partial charge in [0.05, 0.1) is 16.5 Å². The highest BCUT2D eigenvalue weighted by molar-refractivity contribution is 9.10. The van der Waals surface area contributed by atoms with Crippen molar-refractivity contribution in [2.75, 3.05) is 7.11 Å². The molecule has 0 amide bonds. The highest BCUT2D eigenvalue weighted by Crippen LogP contribution is 2.38. The topological polar surface area (TPSA) is 100 Å². The third kappa shape index (κ3) is 5.36. The lowest BCUT2D eigenvalue weighted by molar-refractivity contribution is -0.385. The molecule has 4 rings (SSSR count). The Morgan fingerprint density at radius 3 is 2.63 bits per heavy atom. The Labute approximate surface area is 214 Å². The number of methoxy groups -OCH3 is 1. The average Bonchev–Trinajstić information content (AvgIpc) is 3.18. The zero-order valence-corrected chi connectivity index (χ0v) is 20.9. The molecule has 35 heavy (non-hydrogen) atoms. The van der Waals surface area contributed by atoms with E-state index in [2.05, 4.69) is 20.9 Å². The lowest BCUT2D eigenvalue weighted by atomic mass is 10.1. The molecule has 0 aromatic heterocycles. The summed E-state index contributed by atoms with van der Waals surface area (Å²) in [4.78, 5) is 27.5. The number of nitro benzene ring substituents is 1. The van der Waals surface area contributed by atoms with Gasteiger partial charge in [-0.1, -0.05) is 29.8 Å². The van der Waals surface area contributed by atoms with E-state index in [-0.39, 0.29) is 17.3 Å². The van der Waals surface area contributed by atoms with E-state index in [9.17, 15) is 14.9 Å².